The molecule has 3 aromatic heterocycles. The summed E-state index contributed by atoms with van der Waals surface area (Å²) in [6.07, 6.45) is 6.61. The van der Waals surface area contributed by atoms with Crippen LogP contribution < -0.4 is 26.8 Å². The molecule has 0 radical (unpaired) electrons. The number of rotatable bonds is 12. The van der Waals surface area contributed by atoms with E-state index in [1.54, 1.807) is 29.7 Å². The van der Waals surface area contributed by atoms with Crippen molar-refractivity contribution < 1.29 is 42.2 Å². The molecule has 1 aromatic carbocycles. The number of pyridine rings is 2. The van der Waals surface area contributed by atoms with Crippen molar-refractivity contribution in [2.24, 2.45) is 0 Å². The Morgan fingerprint density at radius 3 is 2.27 bits per heavy atom. The van der Waals surface area contributed by atoms with Gasteiger partial charge in [0, 0.05) is 53.7 Å². The van der Waals surface area contributed by atoms with Crippen molar-refractivity contribution in [3.63, 3.8) is 0 Å². The molecule has 324 valence electrons. The normalized spacial score (nSPS) is 17.5. The number of hydrogen-bond acceptors (Lipinski definition) is 13. The van der Waals surface area contributed by atoms with Crippen molar-refractivity contribution >= 4 is 56.0 Å². The molecular formula is C43H46N8O10S. The van der Waals surface area contributed by atoms with E-state index in [2.05, 4.69) is 43.1 Å². The number of benzene rings is 1. The first-order valence-corrected chi connectivity index (χ1v) is 22.2. The summed E-state index contributed by atoms with van der Waals surface area (Å²) < 4.78 is 29.8. The zero-order valence-electron chi connectivity index (χ0n) is 34.8. The number of anilines is 1. The number of aromatic nitrogens is 4. The van der Waals surface area contributed by atoms with Gasteiger partial charge >= 0.3 is 5.97 Å². The highest BCUT2D eigenvalue weighted by Crippen LogP contribution is 2.43. The Morgan fingerprint density at radius 2 is 1.60 bits per heavy atom. The number of carbonyl (C=O) groups excluding carboxylic acids is 5. The van der Waals surface area contributed by atoms with Crippen molar-refractivity contribution in [1.29, 1.82) is 0 Å². The lowest BCUT2D eigenvalue weighted by atomic mass is 9.85. The van der Waals surface area contributed by atoms with Gasteiger partial charge in [-0.1, -0.05) is 18.8 Å². The average molecular weight is 867 g/mol. The maximum atomic E-state index is 13.7. The number of nitrogens with one attached hydrogen (secondary N) is 4. The van der Waals surface area contributed by atoms with E-state index in [0.717, 1.165) is 34.8 Å². The van der Waals surface area contributed by atoms with Crippen LogP contribution in [-0.4, -0.2) is 87.0 Å². The van der Waals surface area contributed by atoms with Gasteiger partial charge in [-0.25, -0.2) is 28.2 Å². The number of hydrogen-bond donors (Lipinski definition) is 5. The number of sulfone groups is 1. The van der Waals surface area contributed by atoms with E-state index in [1.807, 2.05) is 0 Å². The highest BCUT2D eigenvalue weighted by atomic mass is 32.2. The van der Waals surface area contributed by atoms with Gasteiger partial charge in [-0.2, -0.15) is 0 Å². The van der Waals surface area contributed by atoms with Crippen LogP contribution in [-0.2, 0) is 70.1 Å². The van der Waals surface area contributed by atoms with Crippen molar-refractivity contribution in [3.8, 4) is 23.2 Å². The number of ether oxygens (including phenoxy) is 1. The van der Waals surface area contributed by atoms with Crippen molar-refractivity contribution in [3.05, 3.63) is 74.3 Å². The van der Waals surface area contributed by atoms with Gasteiger partial charge in [0.15, 0.2) is 5.60 Å². The third-order valence-corrected chi connectivity index (χ3v) is 12.2. The molecule has 5 heterocycles. The van der Waals surface area contributed by atoms with E-state index in [4.69, 9.17) is 9.72 Å². The first-order chi connectivity index (χ1) is 29.4. The molecule has 0 saturated heterocycles. The predicted molar refractivity (Wildman–Crippen MR) is 224 cm³/mol. The predicted octanol–water partition coefficient (Wildman–Crippen LogP) is 1.44. The highest BCUT2D eigenvalue weighted by molar-refractivity contribution is 7.90. The van der Waals surface area contributed by atoms with Gasteiger partial charge in [-0.05, 0) is 82.2 Å². The van der Waals surface area contributed by atoms with E-state index in [1.165, 1.54) is 33.2 Å². The minimum Gasteiger partial charge on any atom is -0.458 e. The Morgan fingerprint density at radius 1 is 0.935 bits per heavy atom. The van der Waals surface area contributed by atoms with Crippen LogP contribution in [0.5, 0.6) is 0 Å². The van der Waals surface area contributed by atoms with Crippen LogP contribution >= 0.6 is 0 Å². The summed E-state index contributed by atoms with van der Waals surface area (Å²) in [5.41, 5.74) is 3.76. The molecule has 7 rings (SSSR count). The number of nitrogens with zero attached hydrogens (tertiary/aromatic N) is 4. The Hall–Kier alpha value is -6.52. The van der Waals surface area contributed by atoms with Gasteiger partial charge in [-0.15, -0.1) is 0 Å². The van der Waals surface area contributed by atoms with E-state index in [9.17, 15) is 42.3 Å². The Bertz CT molecular complexity index is 2790. The molecule has 0 saturated carbocycles. The SMILES string of the molecule is CC[C@@]1(O)C(=O)OCc2c1cc1n(c2=O)Cc2c-1nc1ccc(NC(=O)[C@H](C)NC(=O)[C@H](C)NC(=O)[C@H](C)NC(=O)CCCC#Cc3cnc(S(C)(=O)=O)nc3)c3c1c2CCC3. The van der Waals surface area contributed by atoms with Crippen LogP contribution in [0.3, 0.4) is 0 Å². The van der Waals surface area contributed by atoms with Crippen LogP contribution in [0.1, 0.15) is 93.2 Å². The number of aryl methyl sites for hydroxylation is 2. The van der Waals surface area contributed by atoms with Crippen LogP contribution in [0.4, 0.5) is 5.69 Å². The van der Waals surface area contributed by atoms with Crippen molar-refractivity contribution in [2.45, 2.75) is 115 Å². The van der Waals surface area contributed by atoms with Crippen LogP contribution in [0.15, 0.2) is 40.5 Å². The monoisotopic (exact) mass is 866 g/mol. The van der Waals surface area contributed by atoms with Gasteiger partial charge in [-0.3, -0.25) is 24.0 Å². The Balaban J connectivity index is 0.937. The lowest BCUT2D eigenvalue weighted by Gasteiger charge is -2.31. The summed E-state index contributed by atoms with van der Waals surface area (Å²) in [5.74, 6) is 2.80. The second-order valence-corrected chi connectivity index (χ2v) is 17.7. The number of unbranched alkanes of at least 4 members (excludes halogenated alkanes) is 1. The van der Waals surface area contributed by atoms with Gasteiger partial charge in [0.05, 0.1) is 34.6 Å². The summed E-state index contributed by atoms with van der Waals surface area (Å²) in [5, 5.41) is 22.6. The second kappa shape index (κ2) is 17.1. The maximum absolute atomic E-state index is 13.7. The molecule has 1 aliphatic carbocycles. The fraction of sp³-hybridized carbons (Fsp3) is 0.419. The Kier molecular flexibility index (Phi) is 12.0. The first-order valence-electron chi connectivity index (χ1n) is 20.3. The zero-order chi connectivity index (χ0) is 44.7. The zero-order valence-corrected chi connectivity index (χ0v) is 35.6. The average Bonchev–Trinajstić information content (AvgIpc) is 3.61. The topological polar surface area (TPSA) is 258 Å². The molecule has 0 spiro atoms. The van der Waals surface area contributed by atoms with Gasteiger partial charge in [0.1, 0.15) is 24.7 Å². The molecule has 19 heteroatoms. The summed E-state index contributed by atoms with van der Waals surface area (Å²) in [6, 6.07) is 2.25. The number of fused-ring (bicyclic) bond motifs is 5. The summed E-state index contributed by atoms with van der Waals surface area (Å²) in [4.78, 5) is 90.7. The number of esters is 1. The molecule has 4 amide bonds. The summed E-state index contributed by atoms with van der Waals surface area (Å²) in [6.45, 7) is 6.16. The minimum atomic E-state index is -3.52. The van der Waals surface area contributed by atoms with E-state index in [0.29, 0.717) is 53.8 Å². The highest BCUT2D eigenvalue weighted by Gasteiger charge is 2.45. The first kappa shape index (κ1) is 43.6. The van der Waals surface area contributed by atoms with E-state index in [-0.39, 0.29) is 47.8 Å². The molecule has 4 aromatic rings. The molecule has 4 atom stereocenters. The molecule has 0 unspecified atom stereocenters. The lowest BCUT2D eigenvalue weighted by molar-refractivity contribution is -0.172. The minimum absolute atomic E-state index is 0.0387. The van der Waals surface area contributed by atoms with E-state index < -0.39 is 63.2 Å². The van der Waals surface area contributed by atoms with E-state index >= 15 is 0 Å². The fourth-order valence-corrected chi connectivity index (χ4v) is 8.43. The molecular weight excluding hydrogens is 821 g/mol. The van der Waals surface area contributed by atoms with Crippen LogP contribution in [0.25, 0.3) is 22.3 Å². The Labute approximate surface area is 356 Å². The summed E-state index contributed by atoms with van der Waals surface area (Å²) in [7, 11) is -3.52. The molecule has 62 heavy (non-hydrogen) atoms. The molecule has 5 N–H and O–H groups in total. The van der Waals surface area contributed by atoms with Gasteiger partial charge in [0.2, 0.25) is 38.6 Å². The smallest absolute Gasteiger partial charge is 0.343 e. The summed E-state index contributed by atoms with van der Waals surface area (Å²) >= 11 is 0. The third-order valence-electron chi connectivity index (χ3n) is 11.4. The standard InChI is InChI=1S/C43H46N8O10S/c1-6-43(58)30-17-33-36-28(20-51(33)40(56)29(30)21-61-41(43)57)26-12-10-13-27-31(15-16-32(49-36)35(26)27)50-39(55)24(4)48-38(54)23(3)47-37(53)22(2)46-34(52)14-9-7-8-11-25-18-44-42(45-19-25)62(5,59)60/h15-19,22-24,58H,6-7,9-10,12-14,20-21H2,1-5H3,(H,46,52)(H,47,53)(H,48,54)(H,50,55)/t22-,23-,24-,43-/m0/s1. The van der Waals surface area contributed by atoms with Crippen LogP contribution in [0, 0.1) is 11.8 Å². The number of aliphatic hydroxyl groups is 1. The van der Waals surface area contributed by atoms with Crippen LogP contribution in [0.2, 0.25) is 0 Å². The molecule has 0 bridgehead atoms. The quantitative estimate of drug-likeness (QED) is 0.0516. The molecule has 2 aliphatic heterocycles. The molecule has 3 aliphatic rings. The van der Waals surface area contributed by atoms with Crippen molar-refractivity contribution in [2.75, 3.05) is 11.6 Å². The molecule has 18 nitrogen and oxygen atoms in total. The number of cyclic esters (lactones) is 1. The van der Waals surface area contributed by atoms with Gasteiger partial charge < -0.3 is 35.7 Å². The number of amides is 4. The fourth-order valence-electron chi connectivity index (χ4n) is 7.94. The second-order valence-electron chi connectivity index (χ2n) is 15.8. The van der Waals surface area contributed by atoms with Gasteiger partial charge in [0.25, 0.3) is 5.56 Å². The lowest BCUT2D eigenvalue weighted by Crippen LogP contribution is -2.54. The number of carbonyl (C=O) groups is 5. The maximum Gasteiger partial charge on any atom is 0.343 e. The third kappa shape index (κ3) is 8.39. The van der Waals surface area contributed by atoms with Crippen molar-refractivity contribution in [1.82, 2.24) is 35.5 Å². The largest absolute Gasteiger partial charge is 0.458 e. The molecule has 0 fully saturated rings.